The first kappa shape index (κ1) is 15.9. The third-order valence-corrected chi connectivity index (χ3v) is 5.90. The van der Waals surface area contributed by atoms with Crippen LogP contribution in [0.2, 0.25) is 0 Å². The zero-order valence-corrected chi connectivity index (χ0v) is 14.6. The van der Waals surface area contributed by atoms with Crippen LogP contribution in [0.15, 0.2) is 40.3 Å². The summed E-state index contributed by atoms with van der Waals surface area (Å²) < 4.78 is 11.6. The quantitative estimate of drug-likeness (QED) is 0.854. The molecule has 4 rings (SSSR count). The molecule has 2 aliphatic heterocycles. The van der Waals surface area contributed by atoms with Crippen LogP contribution in [0, 0.1) is 0 Å². The van der Waals surface area contributed by atoms with E-state index in [-0.39, 0.29) is 24.1 Å². The summed E-state index contributed by atoms with van der Waals surface area (Å²) in [6.45, 7) is 2.22. The van der Waals surface area contributed by atoms with Crippen molar-refractivity contribution in [1.82, 2.24) is 9.80 Å². The summed E-state index contributed by atoms with van der Waals surface area (Å²) >= 11 is 1.51. The van der Waals surface area contributed by atoms with Crippen LogP contribution in [0.3, 0.4) is 0 Å². The largest absolute Gasteiger partial charge is 0.468 e. The monoisotopic (exact) mass is 346 g/mol. The summed E-state index contributed by atoms with van der Waals surface area (Å²) in [6.07, 6.45) is 3.82. The molecule has 5 nitrogen and oxygen atoms in total. The Bertz CT molecular complexity index is 671. The van der Waals surface area contributed by atoms with Crippen molar-refractivity contribution in [1.29, 1.82) is 0 Å². The first-order chi connectivity index (χ1) is 11.7. The highest BCUT2D eigenvalue weighted by Gasteiger charge is 2.47. The molecular weight excluding hydrogens is 324 g/mol. The van der Waals surface area contributed by atoms with E-state index in [0.717, 1.165) is 36.6 Å². The summed E-state index contributed by atoms with van der Waals surface area (Å²) in [5.74, 6) is 1.08. The molecule has 2 fully saturated rings. The smallest absolute Gasteiger partial charge is 0.264 e. The van der Waals surface area contributed by atoms with Crippen LogP contribution in [0.1, 0.15) is 28.3 Å². The van der Waals surface area contributed by atoms with Crippen LogP contribution < -0.4 is 0 Å². The molecule has 0 saturated carbocycles. The van der Waals surface area contributed by atoms with Crippen molar-refractivity contribution in [3.8, 4) is 0 Å². The normalized spacial score (nSPS) is 26.8. The lowest BCUT2D eigenvalue weighted by Gasteiger charge is -2.34. The number of carbonyl (C=O) groups excluding carboxylic acids is 1. The fourth-order valence-electron chi connectivity index (χ4n) is 3.86. The zero-order valence-electron chi connectivity index (χ0n) is 13.8. The molecule has 0 aliphatic carbocycles. The Labute approximate surface area is 145 Å². The Kier molecular flexibility index (Phi) is 4.43. The molecule has 128 valence electrons. The second-order valence-corrected chi connectivity index (χ2v) is 7.49. The first-order valence-electron chi connectivity index (χ1n) is 8.43. The van der Waals surface area contributed by atoms with E-state index in [1.165, 1.54) is 11.3 Å². The molecule has 6 heteroatoms. The highest BCUT2D eigenvalue weighted by Crippen LogP contribution is 2.33. The van der Waals surface area contributed by atoms with E-state index in [9.17, 15) is 4.79 Å². The van der Waals surface area contributed by atoms with Crippen LogP contribution in [0.5, 0.6) is 0 Å². The minimum Gasteiger partial charge on any atom is -0.468 e. The summed E-state index contributed by atoms with van der Waals surface area (Å²) in [4.78, 5) is 18.0. The van der Waals surface area contributed by atoms with E-state index in [0.29, 0.717) is 6.54 Å². The fraction of sp³-hybridized carbons (Fsp3) is 0.500. The van der Waals surface area contributed by atoms with E-state index in [2.05, 4.69) is 11.9 Å². The van der Waals surface area contributed by atoms with Crippen LogP contribution in [0.25, 0.3) is 0 Å². The van der Waals surface area contributed by atoms with Crippen molar-refractivity contribution in [2.45, 2.75) is 37.6 Å². The average Bonchev–Trinajstić information content (AvgIpc) is 3.34. The van der Waals surface area contributed by atoms with Crippen molar-refractivity contribution >= 4 is 17.2 Å². The number of hydrogen-bond donors (Lipinski definition) is 0. The van der Waals surface area contributed by atoms with Gasteiger partial charge in [0.2, 0.25) is 0 Å². The lowest BCUT2D eigenvalue weighted by molar-refractivity contribution is -0.0363. The van der Waals surface area contributed by atoms with Gasteiger partial charge in [0.25, 0.3) is 5.91 Å². The number of likely N-dealkylation sites (tertiary alicyclic amines) is 1. The van der Waals surface area contributed by atoms with E-state index >= 15 is 0 Å². The maximum absolute atomic E-state index is 12.9. The Morgan fingerprint density at radius 1 is 1.42 bits per heavy atom. The predicted octanol–water partition coefficient (Wildman–Crippen LogP) is 2.85. The molecule has 0 N–H and O–H groups in total. The first-order valence-corrected chi connectivity index (χ1v) is 9.30. The molecular formula is C18H22N2O3S. The summed E-state index contributed by atoms with van der Waals surface area (Å²) in [5, 5.41) is 1.96. The van der Waals surface area contributed by atoms with Gasteiger partial charge >= 0.3 is 0 Å². The third-order valence-electron chi connectivity index (χ3n) is 5.04. The van der Waals surface area contributed by atoms with Gasteiger partial charge in [0.05, 0.1) is 35.9 Å². The van der Waals surface area contributed by atoms with Gasteiger partial charge < -0.3 is 14.1 Å². The number of likely N-dealkylation sites (N-methyl/N-ethyl adjacent to an activating group) is 1. The SMILES string of the molecule is CN(Cc1ccco1)[C@@H]1CN(C(=O)c2cccs2)[C@@H]2CCCO[C@H]12. The number of thiophene rings is 1. The number of rotatable bonds is 4. The van der Waals surface area contributed by atoms with E-state index in [4.69, 9.17) is 9.15 Å². The summed E-state index contributed by atoms with van der Waals surface area (Å²) in [7, 11) is 2.08. The highest BCUT2D eigenvalue weighted by atomic mass is 32.1. The minimum atomic E-state index is 0.0858. The second kappa shape index (κ2) is 6.70. The van der Waals surface area contributed by atoms with Crippen molar-refractivity contribution < 1.29 is 13.9 Å². The number of hydrogen-bond acceptors (Lipinski definition) is 5. The van der Waals surface area contributed by atoms with Crippen LogP contribution >= 0.6 is 11.3 Å². The van der Waals surface area contributed by atoms with Gasteiger partial charge in [0.1, 0.15) is 5.76 Å². The molecule has 0 spiro atoms. The second-order valence-electron chi connectivity index (χ2n) is 6.54. The Balaban J connectivity index is 1.53. The number of ether oxygens (including phenoxy) is 1. The van der Waals surface area contributed by atoms with E-state index < -0.39 is 0 Å². The van der Waals surface area contributed by atoms with E-state index in [1.54, 1.807) is 6.26 Å². The number of nitrogens with zero attached hydrogens (tertiary/aromatic N) is 2. The number of fused-ring (bicyclic) bond motifs is 1. The van der Waals surface area contributed by atoms with Crippen molar-refractivity contribution in [2.24, 2.45) is 0 Å². The van der Waals surface area contributed by atoms with Crippen molar-refractivity contribution in [2.75, 3.05) is 20.2 Å². The molecule has 1 amide bonds. The summed E-state index contributed by atoms with van der Waals surface area (Å²) in [5.41, 5.74) is 0. The van der Waals surface area contributed by atoms with Gasteiger partial charge in [0, 0.05) is 13.2 Å². The molecule has 2 aliphatic rings. The van der Waals surface area contributed by atoms with Crippen molar-refractivity contribution in [3.63, 3.8) is 0 Å². The van der Waals surface area contributed by atoms with Crippen LogP contribution in [-0.4, -0.2) is 54.1 Å². The molecule has 2 saturated heterocycles. The molecule has 0 bridgehead atoms. The zero-order chi connectivity index (χ0) is 16.5. The van der Waals surface area contributed by atoms with Crippen LogP contribution in [0.4, 0.5) is 0 Å². The Morgan fingerprint density at radius 2 is 2.33 bits per heavy atom. The van der Waals surface area contributed by atoms with Gasteiger partial charge in [-0.15, -0.1) is 11.3 Å². The van der Waals surface area contributed by atoms with Gasteiger partial charge in [-0.25, -0.2) is 0 Å². The maximum Gasteiger partial charge on any atom is 0.264 e. The van der Waals surface area contributed by atoms with Gasteiger partial charge in [-0.2, -0.15) is 0 Å². The molecule has 0 radical (unpaired) electrons. The number of furan rings is 1. The van der Waals surface area contributed by atoms with Gasteiger partial charge in [-0.05, 0) is 43.5 Å². The lowest BCUT2D eigenvalue weighted by atomic mass is 10.00. The maximum atomic E-state index is 12.9. The number of amides is 1. The number of carbonyl (C=O) groups is 1. The lowest BCUT2D eigenvalue weighted by Crippen LogP contribution is -2.46. The van der Waals surface area contributed by atoms with Crippen LogP contribution in [-0.2, 0) is 11.3 Å². The Hall–Kier alpha value is -1.63. The molecule has 2 aromatic rings. The molecule has 2 aromatic heterocycles. The Morgan fingerprint density at radius 3 is 3.08 bits per heavy atom. The third kappa shape index (κ3) is 2.90. The molecule has 24 heavy (non-hydrogen) atoms. The summed E-state index contributed by atoms with van der Waals surface area (Å²) in [6, 6.07) is 8.11. The standard InChI is InChI=1S/C18H22N2O3S/c1-19(11-13-5-2-8-22-13)15-12-20(14-6-3-9-23-17(14)15)18(21)16-7-4-10-24-16/h2,4-5,7-8,10,14-15,17H,3,6,9,11-12H2,1H3/t14-,15-,17+/m1/s1. The molecule has 3 atom stereocenters. The minimum absolute atomic E-state index is 0.0858. The van der Waals surface area contributed by atoms with Gasteiger partial charge in [0.15, 0.2) is 0 Å². The van der Waals surface area contributed by atoms with Gasteiger partial charge in [-0.3, -0.25) is 9.69 Å². The molecule has 0 unspecified atom stereocenters. The fourth-order valence-corrected chi connectivity index (χ4v) is 4.54. The highest BCUT2D eigenvalue weighted by molar-refractivity contribution is 7.12. The molecule has 0 aromatic carbocycles. The van der Waals surface area contributed by atoms with Gasteiger partial charge in [-0.1, -0.05) is 6.07 Å². The van der Waals surface area contributed by atoms with Crippen molar-refractivity contribution in [3.05, 3.63) is 46.5 Å². The topological polar surface area (TPSA) is 45.9 Å². The molecule has 4 heterocycles. The van der Waals surface area contributed by atoms with E-state index in [1.807, 2.05) is 34.5 Å². The predicted molar refractivity (Wildman–Crippen MR) is 92.1 cm³/mol. The average molecular weight is 346 g/mol.